The molecule has 2 saturated carbocycles. The average Bonchev–Trinajstić information content (AvgIpc) is 3.28. The number of pyridine rings is 2. The first-order valence-corrected chi connectivity index (χ1v) is 7.32. The molecule has 0 saturated heterocycles. The fraction of sp³-hybridized carbons (Fsp3) is 0.400. The van der Waals surface area contributed by atoms with Crippen LogP contribution in [-0.4, -0.2) is 15.9 Å². The van der Waals surface area contributed by atoms with E-state index < -0.39 is 0 Å². The lowest BCUT2D eigenvalue weighted by atomic mass is 10.2. The van der Waals surface area contributed by atoms with Gasteiger partial charge in [-0.3, -0.25) is 4.79 Å². The molecule has 0 spiro atoms. The molecule has 2 aliphatic rings. The Morgan fingerprint density at radius 3 is 3.00 bits per heavy atom. The summed E-state index contributed by atoms with van der Waals surface area (Å²) in [6.07, 6.45) is 5.20. The second-order valence-corrected chi connectivity index (χ2v) is 6.17. The van der Waals surface area contributed by atoms with E-state index in [9.17, 15) is 4.79 Å². The fourth-order valence-corrected chi connectivity index (χ4v) is 3.00. The van der Waals surface area contributed by atoms with Crippen LogP contribution in [0.2, 0.25) is 5.02 Å². The van der Waals surface area contributed by atoms with Gasteiger partial charge in [0.05, 0.1) is 5.02 Å². The summed E-state index contributed by atoms with van der Waals surface area (Å²) >= 11 is 5.88. The Morgan fingerprint density at radius 2 is 2.20 bits per heavy atom. The lowest BCUT2D eigenvalue weighted by Gasteiger charge is -2.05. The van der Waals surface area contributed by atoms with E-state index in [1.165, 1.54) is 12.8 Å². The van der Waals surface area contributed by atoms with Gasteiger partial charge in [-0.2, -0.15) is 0 Å². The Morgan fingerprint density at radius 1 is 1.35 bits per heavy atom. The Hall–Kier alpha value is -1.68. The molecular weight excluding hydrogens is 274 g/mol. The normalized spacial score (nSPS) is 24.6. The summed E-state index contributed by atoms with van der Waals surface area (Å²) in [5, 5.41) is 4.36. The number of halogens is 1. The number of amides is 1. The van der Waals surface area contributed by atoms with Crippen LogP contribution >= 0.6 is 11.6 Å². The predicted molar refractivity (Wildman–Crippen MR) is 77.5 cm³/mol. The van der Waals surface area contributed by atoms with Gasteiger partial charge in [-0.15, -0.1) is 0 Å². The topological polar surface area (TPSA) is 54.9 Å². The van der Waals surface area contributed by atoms with Gasteiger partial charge >= 0.3 is 0 Å². The van der Waals surface area contributed by atoms with Gasteiger partial charge in [-0.25, -0.2) is 9.97 Å². The number of carbonyl (C=O) groups is 1. The molecule has 2 aromatic heterocycles. The van der Waals surface area contributed by atoms with Gasteiger partial charge < -0.3 is 5.32 Å². The van der Waals surface area contributed by atoms with E-state index in [0.29, 0.717) is 22.4 Å². The smallest absolute Gasteiger partial charge is 0.228 e. The molecule has 2 aromatic rings. The van der Waals surface area contributed by atoms with Gasteiger partial charge in [0.1, 0.15) is 5.82 Å². The van der Waals surface area contributed by atoms with E-state index in [1.807, 2.05) is 12.1 Å². The molecule has 0 aliphatic heterocycles. The summed E-state index contributed by atoms with van der Waals surface area (Å²) < 4.78 is 0. The van der Waals surface area contributed by atoms with Crippen molar-refractivity contribution in [2.24, 2.45) is 17.8 Å². The van der Waals surface area contributed by atoms with Crippen molar-refractivity contribution >= 4 is 34.4 Å². The number of hydrogen-bond acceptors (Lipinski definition) is 3. The van der Waals surface area contributed by atoms with Crippen LogP contribution in [-0.2, 0) is 4.79 Å². The lowest BCUT2D eigenvalue weighted by Crippen LogP contribution is -2.16. The second-order valence-electron chi connectivity index (χ2n) is 5.73. The molecule has 0 unspecified atom stereocenters. The molecule has 4 nitrogen and oxygen atoms in total. The summed E-state index contributed by atoms with van der Waals surface area (Å²) in [5.41, 5.74) is 0.599. The quantitative estimate of drug-likeness (QED) is 0.942. The van der Waals surface area contributed by atoms with Crippen molar-refractivity contribution in [3.05, 3.63) is 29.4 Å². The van der Waals surface area contributed by atoms with Crippen molar-refractivity contribution in [1.82, 2.24) is 9.97 Å². The molecule has 0 radical (unpaired) electrons. The highest BCUT2D eigenvalue weighted by molar-refractivity contribution is 6.31. The molecule has 20 heavy (non-hydrogen) atoms. The lowest BCUT2D eigenvalue weighted by molar-refractivity contribution is -0.117. The zero-order valence-corrected chi connectivity index (χ0v) is 11.6. The third-order valence-corrected chi connectivity index (χ3v) is 4.37. The highest BCUT2D eigenvalue weighted by Gasteiger charge is 2.51. The number of nitrogens with zero attached hydrogens (tertiary/aromatic N) is 2. The fourth-order valence-electron chi connectivity index (χ4n) is 2.83. The summed E-state index contributed by atoms with van der Waals surface area (Å²) in [6, 6.07) is 5.49. The minimum Gasteiger partial charge on any atom is -0.310 e. The highest BCUT2D eigenvalue weighted by atomic mass is 35.5. The first-order chi connectivity index (χ1) is 9.70. The van der Waals surface area contributed by atoms with E-state index in [0.717, 1.165) is 17.7 Å². The third kappa shape index (κ3) is 2.24. The maximum Gasteiger partial charge on any atom is 0.228 e. The molecule has 5 heteroatoms. The third-order valence-electron chi connectivity index (χ3n) is 4.16. The Labute approximate surface area is 121 Å². The van der Waals surface area contributed by atoms with Crippen LogP contribution in [0.4, 0.5) is 5.82 Å². The number of aromatic nitrogens is 2. The maximum atomic E-state index is 12.1. The Bertz CT molecular complexity index is 699. The van der Waals surface area contributed by atoms with Crippen molar-refractivity contribution in [2.45, 2.75) is 19.3 Å². The second kappa shape index (κ2) is 4.42. The first kappa shape index (κ1) is 12.1. The average molecular weight is 288 g/mol. The summed E-state index contributed by atoms with van der Waals surface area (Å²) in [6.45, 7) is 0. The standard InChI is InChI=1S/C15H14ClN3O/c16-10-5-9-3-4-13(18-14(9)17-7-10)19-15(20)12-6-11(12)8-1-2-8/h3-5,7-8,11-12H,1-2,6H2,(H,17,18,19,20)/t11-,12+/m1/s1. The Balaban J connectivity index is 1.50. The van der Waals surface area contributed by atoms with Crippen molar-refractivity contribution in [3.63, 3.8) is 0 Å². The van der Waals surface area contributed by atoms with Gasteiger partial charge in [0.2, 0.25) is 5.91 Å². The number of nitrogens with one attached hydrogen (secondary N) is 1. The molecule has 2 fully saturated rings. The largest absolute Gasteiger partial charge is 0.310 e. The van der Waals surface area contributed by atoms with E-state index in [1.54, 1.807) is 12.3 Å². The monoisotopic (exact) mass is 287 g/mol. The molecule has 2 aliphatic carbocycles. The molecule has 2 heterocycles. The maximum absolute atomic E-state index is 12.1. The van der Waals surface area contributed by atoms with Gasteiger partial charge in [0.15, 0.2) is 5.65 Å². The molecule has 1 amide bonds. The van der Waals surface area contributed by atoms with Crippen LogP contribution in [0.3, 0.4) is 0 Å². The molecule has 0 aromatic carbocycles. The van der Waals surface area contributed by atoms with E-state index in [-0.39, 0.29) is 11.8 Å². The number of rotatable bonds is 3. The van der Waals surface area contributed by atoms with Gasteiger partial charge in [0.25, 0.3) is 0 Å². The van der Waals surface area contributed by atoms with Crippen LogP contribution in [0.5, 0.6) is 0 Å². The van der Waals surface area contributed by atoms with Crippen molar-refractivity contribution in [2.75, 3.05) is 5.32 Å². The number of anilines is 1. The zero-order valence-electron chi connectivity index (χ0n) is 10.8. The van der Waals surface area contributed by atoms with Gasteiger partial charge in [-0.05, 0) is 49.3 Å². The molecule has 1 N–H and O–H groups in total. The van der Waals surface area contributed by atoms with Crippen LogP contribution in [0, 0.1) is 17.8 Å². The molecule has 2 atom stereocenters. The van der Waals surface area contributed by atoms with Crippen LogP contribution in [0.15, 0.2) is 24.4 Å². The molecular formula is C15H14ClN3O. The molecule has 102 valence electrons. The van der Waals surface area contributed by atoms with E-state index >= 15 is 0 Å². The number of fused-ring (bicyclic) bond motifs is 1. The minimum atomic E-state index is 0.0997. The number of carbonyl (C=O) groups excluding carboxylic acids is 1. The number of hydrogen-bond donors (Lipinski definition) is 1. The summed E-state index contributed by atoms with van der Waals surface area (Å²) in [4.78, 5) is 20.6. The Kier molecular flexibility index (Phi) is 2.67. The van der Waals surface area contributed by atoms with Crippen LogP contribution in [0.25, 0.3) is 11.0 Å². The van der Waals surface area contributed by atoms with E-state index in [4.69, 9.17) is 11.6 Å². The van der Waals surface area contributed by atoms with Gasteiger partial charge in [-0.1, -0.05) is 11.6 Å². The SMILES string of the molecule is O=C(Nc1ccc2cc(Cl)cnc2n1)[C@H]1C[C@@H]1C1CC1. The van der Waals surface area contributed by atoms with Crippen molar-refractivity contribution in [1.29, 1.82) is 0 Å². The molecule has 0 bridgehead atoms. The first-order valence-electron chi connectivity index (χ1n) is 6.94. The van der Waals surface area contributed by atoms with Crippen LogP contribution in [0.1, 0.15) is 19.3 Å². The van der Waals surface area contributed by atoms with E-state index in [2.05, 4.69) is 15.3 Å². The highest BCUT2D eigenvalue weighted by Crippen LogP contribution is 2.54. The molecule has 4 rings (SSSR count). The van der Waals surface area contributed by atoms with Crippen LogP contribution < -0.4 is 5.32 Å². The van der Waals surface area contributed by atoms with Gasteiger partial charge in [0, 0.05) is 17.5 Å². The van der Waals surface area contributed by atoms with Crippen molar-refractivity contribution < 1.29 is 4.79 Å². The summed E-state index contributed by atoms with van der Waals surface area (Å²) in [7, 11) is 0. The minimum absolute atomic E-state index is 0.0997. The zero-order chi connectivity index (χ0) is 13.7. The van der Waals surface area contributed by atoms with Crippen molar-refractivity contribution in [3.8, 4) is 0 Å². The summed E-state index contributed by atoms with van der Waals surface area (Å²) in [5.74, 6) is 2.28. The predicted octanol–water partition coefficient (Wildman–Crippen LogP) is 3.27.